The molecular weight excluding hydrogens is 224 g/mol. The fourth-order valence-corrected chi connectivity index (χ4v) is 2.82. The second-order valence-corrected chi connectivity index (χ2v) is 5.27. The van der Waals surface area contributed by atoms with Gasteiger partial charge in [-0.1, -0.05) is 0 Å². The van der Waals surface area contributed by atoms with E-state index in [0.717, 1.165) is 5.69 Å². The third-order valence-electron chi connectivity index (χ3n) is 4.30. The lowest BCUT2D eigenvalue weighted by Crippen LogP contribution is -2.41. The van der Waals surface area contributed by atoms with Crippen LogP contribution >= 0.6 is 0 Å². The third-order valence-corrected chi connectivity index (χ3v) is 4.30. The van der Waals surface area contributed by atoms with Gasteiger partial charge < -0.3 is 5.32 Å². The number of hydrogen-bond acceptors (Lipinski definition) is 4. The molecule has 1 unspecified atom stereocenters. The maximum atomic E-state index is 4.41. The molecule has 0 spiro atoms. The van der Waals surface area contributed by atoms with Crippen LogP contribution in [0.4, 0.5) is 0 Å². The summed E-state index contributed by atoms with van der Waals surface area (Å²) >= 11 is 0. The summed E-state index contributed by atoms with van der Waals surface area (Å²) < 4.78 is 0. The van der Waals surface area contributed by atoms with E-state index in [2.05, 4.69) is 41.2 Å². The van der Waals surface area contributed by atoms with Gasteiger partial charge in [0.2, 0.25) is 0 Å². The third kappa shape index (κ3) is 3.06. The summed E-state index contributed by atoms with van der Waals surface area (Å²) in [5, 5.41) is 3.38. The van der Waals surface area contributed by atoms with Crippen LogP contribution in [0.3, 0.4) is 0 Å². The first-order valence-corrected chi connectivity index (χ1v) is 6.87. The first-order chi connectivity index (χ1) is 8.72. The van der Waals surface area contributed by atoms with Crippen LogP contribution in [0.2, 0.25) is 0 Å². The molecule has 0 amide bonds. The molecule has 1 fully saturated rings. The second kappa shape index (κ2) is 6.25. The lowest BCUT2D eigenvalue weighted by molar-refractivity contribution is 0.134. The number of nitrogens with one attached hydrogen (secondary N) is 1. The number of hydrogen-bond donors (Lipinski definition) is 1. The molecule has 0 radical (unpaired) electrons. The Bertz CT molecular complexity index is 346. The highest BCUT2D eigenvalue weighted by Gasteiger charge is 2.26. The topological polar surface area (TPSA) is 41.0 Å². The summed E-state index contributed by atoms with van der Waals surface area (Å²) in [6, 6.07) is 1.72. The molecule has 1 atom stereocenters. The van der Waals surface area contributed by atoms with Gasteiger partial charge in [0.15, 0.2) is 0 Å². The molecule has 4 heteroatoms. The molecule has 0 saturated heterocycles. The maximum Gasteiger partial charge on any atom is 0.0755 e. The van der Waals surface area contributed by atoms with Crippen molar-refractivity contribution < 1.29 is 0 Å². The van der Waals surface area contributed by atoms with Crippen molar-refractivity contribution in [1.82, 2.24) is 20.2 Å². The Kier molecular flexibility index (Phi) is 4.66. The van der Waals surface area contributed by atoms with Crippen LogP contribution in [-0.2, 0) is 0 Å². The average molecular weight is 248 g/mol. The van der Waals surface area contributed by atoms with Crippen molar-refractivity contribution in [2.24, 2.45) is 0 Å². The smallest absolute Gasteiger partial charge is 0.0755 e. The predicted molar refractivity (Wildman–Crippen MR) is 73.3 cm³/mol. The van der Waals surface area contributed by atoms with Crippen LogP contribution in [0.25, 0.3) is 0 Å². The van der Waals surface area contributed by atoms with Crippen molar-refractivity contribution in [1.29, 1.82) is 0 Å². The molecular formula is C14H24N4. The molecule has 2 rings (SSSR count). The SMILES string of the molecule is CNC1CCC(N(C)C(C)c2cnccn2)CC1. The number of nitrogens with zero attached hydrogens (tertiary/aromatic N) is 3. The van der Waals surface area contributed by atoms with Crippen LogP contribution < -0.4 is 5.32 Å². The molecule has 0 aliphatic heterocycles. The number of rotatable bonds is 4. The van der Waals surface area contributed by atoms with Crippen LogP contribution in [0, 0.1) is 0 Å². The molecule has 1 aliphatic carbocycles. The Morgan fingerprint density at radius 2 is 2.00 bits per heavy atom. The van der Waals surface area contributed by atoms with Crippen LogP contribution in [-0.4, -0.2) is 41.0 Å². The van der Waals surface area contributed by atoms with Gasteiger partial charge in [0, 0.05) is 30.7 Å². The molecule has 4 nitrogen and oxygen atoms in total. The highest BCUT2D eigenvalue weighted by molar-refractivity contribution is 5.02. The Morgan fingerprint density at radius 3 is 2.56 bits per heavy atom. The van der Waals surface area contributed by atoms with E-state index < -0.39 is 0 Å². The Balaban J connectivity index is 1.93. The van der Waals surface area contributed by atoms with E-state index in [1.54, 1.807) is 12.4 Å². The zero-order valence-electron chi connectivity index (χ0n) is 11.6. The van der Waals surface area contributed by atoms with Crippen LogP contribution in [0.5, 0.6) is 0 Å². The van der Waals surface area contributed by atoms with Gasteiger partial charge in [0.1, 0.15) is 0 Å². The molecule has 18 heavy (non-hydrogen) atoms. The van der Waals surface area contributed by atoms with Gasteiger partial charge in [0.05, 0.1) is 11.7 Å². The predicted octanol–water partition coefficient (Wildman–Crippen LogP) is 2.00. The lowest BCUT2D eigenvalue weighted by Gasteiger charge is -2.37. The van der Waals surface area contributed by atoms with Gasteiger partial charge in [-0.3, -0.25) is 14.9 Å². The molecule has 0 bridgehead atoms. The highest BCUT2D eigenvalue weighted by atomic mass is 15.2. The van der Waals surface area contributed by atoms with Gasteiger partial charge >= 0.3 is 0 Å². The standard InChI is InChI=1S/C14H24N4/c1-11(14-10-16-8-9-17-14)18(3)13-6-4-12(15-2)5-7-13/h8-13,15H,4-7H2,1-3H3. The summed E-state index contributed by atoms with van der Waals surface area (Å²) in [5.74, 6) is 0. The summed E-state index contributed by atoms with van der Waals surface area (Å²) in [6.45, 7) is 2.22. The van der Waals surface area contributed by atoms with E-state index in [4.69, 9.17) is 0 Å². The van der Waals surface area contributed by atoms with Gasteiger partial charge in [-0.2, -0.15) is 0 Å². The van der Waals surface area contributed by atoms with Crippen molar-refractivity contribution in [3.8, 4) is 0 Å². The van der Waals surface area contributed by atoms with Gasteiger partial charge in [0.25, 0.3) is 0 Å². The van der Waals surface area contributed by atoms with Gasteiger partial charge in [-0.15, -0.1) is 0 Å². The quantitative estimate of drug-likeness (QED) is 0.885. The fourth-order valence-electron chi connectivity index (χ4n) is 2.82. The van der Waals surface area contributed by atoms with Gasteiger partial charge in [-0.05, 0) is 46.7 Å². The molecule has 100 valence electrons. The molecule has 1 heterocycles. The van der Waals surface area contributed by atoms with E-state index in [0.29, 0.717) is 18.1 Å². The van der Waals surface area contributed by atoms with Crippen LogP contribution in [0.15, 0.2) is 18.6 Å². The molecule has 0 aromatic carbocycles. The summed E-state index contributed by atoms with van der Waals surface area (Å²) in [5.41, 5.74) is 1.07. The fraction of sp³-hybridized carbons (Fsp3) is 0.714. The first kappa shape index (κ1) is 13.4. The van der Waals surface area contributed by atoms with E-state index in [9.17, 15) is 0 Å². The Labute approximate surface area is 110 Å². The van der Waals surface area contributed by atoms with Crippen molar-refractivity contribution >= 4 is 0 Å². The van der Waals surface area contributed by atoms with Gasteiger partial charge in [-0.25, -0.2) is 0 Å². The minimum absolute atomic E-state index is 0.342. The van der Waals surface area contributed by atoms with Crippen molar-refractivity contribution in [3.63, 3.8) is 0 Å². The minimum atomic E-state index is 0.342. The van der Waals surface area contributed by atoms with Crippen molar-refractivity contribution in [3.05, 3.63) is 24.3 Å². The van der Waals surface area contributed by atoms with Crippen molar-refractivity contribution in [2.75, 3.05) is 14.1 Å². The Morgan fingerprint density at radius 1 is 1.28 bits per heavy atom. The number of aromatic nitrogens is 2. The molecule has 1 N–H and O–H groups in total. The second-order valence-electron chi connectivity index (χ2n) is 5.27. The molecule has 1 saturated carbocycles. The zero-order valence-corrected chi connectivity index (χ0v) is 11.6. The first-order valence-electron chi connectivity index (χ1n) is 6.87. The van der Waals surface area contributed by atoms with E-state index in [1.165, 1.54) is 25.7 Å². The van der Waals surface area contributed by atoms with Crippen molar-refractivity contribution in [2.45, 2.75) is 50.7 Å². The molecule has 1 aromatic heterocycles. The largest absolute Gasteiger partial charge is 0.317 e. The summed E-state index contributed by atoms with van der Waals surface area (Å²) in [7, 11) is 4.28. The molecule has 1 aromatic rings. The molecule has 1 aliphatic rings. The van der Waals surface area contributed by atoms with E-state index in [-0.39, 0.29) is 0 Å². The minimum Gasteiger partial charge on any atom is -0.317 e. The highest BCUT2D eigenvalue weighted by Crippen LogP contribution is 2.27. The zero-order chi connectivity index (χ0) is 13.0. The Hall–Kier alpha value is -1.00. The van der Waals surface area contributed by atoms with E-state index in [1.807, 2.05) is 6.20 Å². The monoisotopic (exact) mass is 248 g/mol. The lowest BCUT2D eigenvalue weighted by atomic mass is 9.89. The van der Waals surface area contributed by atoms with Crippen LogP contribution in [0.1, 0.15) is 44.3 Å². The maximum absolute atomic E-state index is 4.41. The summed E-state index contributed by atoms with van der Waals surface area (Å²) in [4.78, 5) is 11.0. The summed E-state index contributed by atoms with van der Waals surface area (Å²) in [6.07, 6.45) is 10.5. The normalized spacial score (nSPS) is 26.2. The van der Waals surface area contributed by atoms with E-state index >= 15 is 0 Å². The average Bonchev–Trinajstić information content (AvgIpc) is 2.47.